The fourth-order valence-electron chi connectivity index (χ4n) is 1.31. The molecule has 7 heteroatoms. The monoisotopic (exact) mass is 316 g/mol. The Balaban J connectivity index is 2.77. The van der Waals surface area contributed by atoms with Gasteiger partial charge in [-0.15, -0.1) is 0 Å². The molecule has 0 aliphatic carbocycles. The van der Waals surface area contributed by atoms with Crippen LogP contribution in [0.2, 0.25) is 10.0 Å². The van der Waals surface area contributed by atoms with Gasteiger partial charge >= 0.3 is 0 Å². The zero-order valence-electron chi connectivity index (χ0n) is 11.0. The van der Waals surface area contributed by atoms with Gasteiger partial charge in [-0.1, -0.05) is 29.8 Å². The third-order valence-corrected chi connectivity index (χ3v) is 3.35. The second kappa shape index (κ2) is 6.63. The van der Waals surface area contributed by atoms with Crippen LogP contribution in [-0.4, -0.2) is 23.5 Å². The molecule has 0 unspecified atom stereocenters. The van der Waals surface area contributed by atoms with Gasteiger partial charge in [0.1, 0.15) is 0 Å². The molecular formula is C13H14Cl2N2O3. The smallest absolute Gasteiger partial charge is 0.246 e. The van der Waals surface area contributed by atoms with Crippen molar-refractivity contribution < 1.29 is 14.7 Å². The molecule has 0 saturated heterocycles. The number of rotatable bonds is 4. The lowest BCUT2D eigenvalue weighted by atomic mass is 10.2. The lowest BCUT2D eigenvalue weighted by Crippen LogP contribution is -2.33. The summed E-state index contributed by atoms with van der Waals surface area (Å²) in [6.07, 6.45) is 0. The Morgan fingerprint density at radius 1 is 1.40 bits per heavy atom. The van der Waals surface area contributed by atoms with Crippen LogP contribution in [0.25, 0.3) is 0 Å². The van der Waals surface area contributed by atoms with Crippen LogP contribution < -0.4 is 10.6 Å². The Hall–Kier alpha value is -1.72. The average Bonchev–Trinajstić information content (AvgIpc) is 2.39. The number of carbonyl (C=O) groups is 2. The molecule has 1 rings (SSSR count). The van der Waals surface area contributed by atoms with E-state index in [1.807, 2.05) is 0 Å². The standard InChI is InChI=1S/C13H14Cl2N2O3/c1-6(2)13(20)16-5-10(18)17-9-4-8(14)7(3)11(15)12(9)19/h4,19H,1,5H2,2-3H3,(H,16,20)(H,17,18). The van der Waals surface area contributed by atoms with Gasteiger partial charge in [0.25, 0.3) is 0 Å². The topological polar surface area (TPSA) is 78.4 Å². The number of phenols is 1. The van der Waals surface area contributed by atoms with Gasteiger partial charge in [-0.2, -0.15) is 0 Å². The van der Waals surface area contributed by atoms with E-state index in [1.54, 1.807) is 6.92 Å². The fraction of sp³-hybridized carbons (Fsp3) is 0.231. The van der Waals surface area contributed by atoms with Crippen molar-refractivity contribution in [2.24, 2.45) is 0 Å². The highest BCUT2D eigenvalue weighted by molar-refractivity contribution is 6.37. The van der Waals surface area contributed by atoms with Crippen molar-refractivity contribution in [1.82, 2.24) is 5.32 Å². The van der Waals surface area contributed by atoms with Crippen LogP contribution >= 0.6 is 23.2 Å². The van der Waals surface area contributed by atoms with E-state index >= 15 is 0 Å². The molecule has 3 N–H and O–H groups in total. The summed E-state index contributed by atoms with van der Waals surface area (Å²) in [5.41, 5.74) is 0.890. The van der Waals surface area contributed by atoms with Gasteiger partial charge in [0.15, 0.2) is 5.75 Å². The number of halogens is 2. The lowest BCUT2D eigenvalue weighted by molar-refractivity contribution is -0.121. The molecule has 2 amide bonds. The average molecular weight is 317 g/mol. The highest BCUT2D eigenvalue weighted by atomic mass is 35.5. The highest BCUT2D eigenvalue weighted by Crippen LogP contribution is 2.38. The molecule has 0 spiro atoms. The third-order valence-electron chi connectivity index (χ3n) is 2.49. The van der Waals surface area contributed by atoms with E-state index in [1.165, 1.54) is 13.0 Å². The molecule has 108 valence electrons. The number of carbonyl (C=O) groups excluding carboxylic acids is 2. The number of hydrogen-bond donors (Lipinski definition) is 3. The zero-order valence-corrected chi connectivity index (χ0v) is 12.5. The van der Waals surface area contributed by atoms with Gasteiger partial charge in [0.05, 0.1) is 17.3 Å². The molecule has 0 heterocycles. The normalized spacial score (nSPS) is 10.0. The summed E-state index contributed by atoms with van der Waals surface area (Å²) in [5.74, 6) is -1.22. The van der Waals surface area contributed by atoms with Crippen molar-refractivity contribution in [3.8, 4) is 5.75 Å². The van der Waals surface area contributed by atoms with Crippen molar-refractivity contribution in [2.45, 2.75) is 13.8 Å². The van der Waals surface area contributed by atoms with Crippen LogP contribution in [0, 0.1) is 6.92 Å². The molecule has 20 heavy (non-hydrogen) atoms. The Morgan fingerprint density at radius 3 is 2.55 bits per heavy atom. The van der Waals surface area contributed by atoms with Crippen LogP contribution in [0.3, 0.4) is 0 Å². The molecule has 0 saturated carbocycles. The van der Waals surface area contributed by atoms with E-state index in [-0.39, 0.29) is 23.0 Å². The van der Waals surface area contributed by atoms with E-state index < -0.39 is 11.8 Å². The number of amides is 2. The van der Waals surface area contributed by atoms with Crippen molar-refractivity contribution in [2.75, 3.05) is 11.9 Å². The number of benzene rings is 1. The first-order chi connectivity index (χ1) is 9.23. The van der Waals surface area contributed by atoms with E-state index in [4.69, 9.17) is 23.2 Å². The van der Waals surface area contributed by atoms with Crippen molar-refractivity contribution >= 4 is 40.7 Å². The molecular weight excluding hydrogens is 303 g/mol. The van der Waals surface area contributed by atoms with Gasteiger partial charge in [-0.3, -0.25) is 9.59 Å². The minimum Gasteiger partial charge on any atom is -0.504 e. The Bertz CT molecular complexity index is 585. The first-order valence-electron chi connectivity index (χ1n) is 5.65. The van der Waals surface area contributed by atoms with E-state index in [2.05, 4.69) is 17.2 Å². The predicted octanol–water partition coefficient (Wildman–Crippen LogP) is 2.64. The van der Waals surface area contributed by atoms with E-state index in [0.717, 1.165) is 0 Å². The van der Waals surface area contributed by atoms with E-state index in [9.17, 15) is 14.7 Å². The van der Waals surface area contributed by atoms with E-state index in [0.29, 0.717) is 16.2 Å². The largest absolute Gasteiger partial charge is 0.504 e. The summed E-state index contributed by atoms with van der Waals surface area (Å²) in [6, 6.07) is 1.39. The predicted molar refractivity (Wildman–Crippen MR) is 79.3 cm³/mol. The van der Waals surface area contributed by atoms with Gasteiger partial charge in [0, 0.05) is 10.6 Å². The number of phenolic OH excluding ortho intramolecular Hbond substituents is 1. The highest BCUT2D eigenvalue weighted by Gasteiger charge is 2.15. The van der Waals surface area contributed by atoms with Crippen molar-refractivity contribution in [3.63, 3.8) is 0 Å². The van der Waals surface area contributed by atoms with Crippen LogP contribution in [0.4, 0.5) is 5.69 Å². The van der Waals surface area contributed by atoms with Crippen LogP contribution in [-0.2, 0) is 9.59 Å². The van der Waals surface area contributed by atoms with Crippen LogP contribution in [0.5, 0.6) is 5.75 Å². The Labute approximate surface area is 126 Å². The maximum Gasteiger partial charge on any atom is 0.246 e. The summed E-state index contributed by atoms with van der Waals surface area (Å²) >= 11 is 11.8. The summed E-state index contributed by atoms with van der Waals surface area (Å²) < 4.78 is 0. The molecule has 0 atom stereocenters. The SMILES string of the molecule is C=C(C)C(=O)NCC(=O)Nc1cc(Cl)c(C)c(Cl)c1O. The molecule has 0 bridgehead atoms. The minimum atomic E-state index is -0.522. The summed E-state index contributed by atoms with van der Waals surface area (Å²) in [5, 5.41) is 15.0. The first kappa shape index (κ1) is 16.3. The van der Waals surface area contributed by atoms with Gasteiger partial charge < -0.3 is 15.7 Å². The Morgan fingerprint density at radius 2 is 2.00 bits per heavy atom. The van der Waals surface area contributed by atoms with Crippen molar-refractivity contribution in [3.05, 3.63) is 33.8 Å². The van der Waals surface area contributed by atoms with Crippen molar-refractivity contribution in [1.29, 1.82) is 0 Å². The second-order valence-electron chi connectivity index (χ2n) is 4.20. The minimum absolute atomic E-state index is 0.0683. The molecule has 0 radical (unpaired) electrons. The summed E-state index contributed by atoms with van der Waals surface area (Å²) in [7, 11) is 0. The van der Waals surface area contributed by atoms with Gasteiger partial charge in [0.2, 0.25) is 11.8 Å². The number of hydrogen-bond acceptors (Lipinski definition) is 3. The van der Waals surface area contributed by atoms with Gasteiger partial charge in [-0.05, 0) is 25.5 Å². The molecule has 0 fully saturated rings. The maximum absolute atomic E-state index is 11.6. The number of nitrogens with one attached hydrogen (secondary N) is 2. The van der Waals surface area contributed by atoms with Crippen LogP contribution in [0.15, 0.2) is 18.2 Å². The molecule has 1 aromatic rings. The maximum atomic E-state index is 11.6. The summed E-state index contributed by atoms with van der Waals surface area (Å²) in [4.78, 5) is 22.9. The quantitative estimate of drug-likeness (QED) is 0.590. The fourth-order valence-corrected chi connectivity index (χ4v) is 1.76. The first-order valence-corrected chi connectivity index (χ1v) is 6.40. The molecule has 0 aliphatic heterocycles. The van der Waals surface area contributed by atoms with Gasteiger partial charge in [-0.25, -0.2) is 0 Å². The van der Waals surface area contributed by atoms with Crippen LogP contribution in [0.1, 0.15) is 12.5 Å². The lowest BCUT2D eigenvalue weighted by Gasteiger charge is -2.12. The molecule has 0 aliphatic rings. The Kier molecular flexibility index (Phi) is 5.42. The third kappa shape index (κ3) is 3.88. The molecule has 1 aromatic carbocycles. The number of aromatic hydroxyl groups is 1. The summed E-state index contributed by atoms with van der Waals surface area (Å²) in [6.45, 7) is 6.36. The molecule has 5 nitrogen and oxygen atoms in total. The molecule has 0 aromatic heterocycles. The number of anilines is 1. The second-order valence-corrected chi connectivity index (χ2v) is 4.99. The zero-order chi connectivity index (χ0) is 15.4.